The monoisotopic (exact) mass is 455 g/mol. The number of imidazole rings is 2. The SMILES string of the molecule is Cc1ccn2c(CC(=O)NCCc3nc4ccc(F)cc4[nH]3)c(-c3ccc(C)c(C)c3)nc2c1. The van der Waals surface area contributed by atoms with Crippen LogP contribution in [0.25, 0.3) is 27.9 Å². The number of aryl methyl sites for hydroxylation is 3. The number of hydrogen-bond donors (Lipinski definition) is 2. The van der Waals surface area contributed by atoms with E-state index in [1.54, 1.807) is 6.07 Å². The number of halogens is 1. The molecule has 0 bridgehead atoms. The van der Waals surface area contributed by atoms with Crippen molar-refractivity contribution in [2.45, 2.75) is 33.6 Å². The third-order valence-electron chi connectivity index (χ3n) is 6.17. The molecule has 0 atom stereocenters. The lowest BCUT2D eigenvalue weighted by molar-refractivity contribution is -0.120. The summed E-state index contributed by atoms with van der Waals surface area (Å²) in [7, 11) is 0. The molecule has 3 heterocycles. The summed E-state index contributed by atoms with van der Waals surface area (Å²) in [6.07, 6.45) is 2.70. The first-order valence-electron chi connectivity index (χ1n) is 11.3. The average molecular weight is 456 g/mol. The van der Waals surface area contributed by atoms with Gasteiger partial charge in [-0.05, 0) is 73.9 Å². The second-order valence-electron chi connectivity index (χ2n) is 8.76. The number of amides is 1. The van der Waals surface area contributed by atoms with Crippen LogP contribution in [0.3, 0.4) is 0 Å². The number of H-pyrrole nitrogens is 1. The van der Waals surface area contributed by atoms with Crippen molar-refractivity contribution in [3.63, 3.8) is 0 Å². The number of nitrogens with one attached hydrogen (secondary N) is 2. The lowest BCUT2D eigenvalue weighted by atomic mass is 10.0. The molecule has 1 amide bonds. The minimum absolute atomic E-state index is 0.0883. The average Bonchev–Trinajstić information content (AvgIpc) is 3.36. The van der Waals surface area contributed by atoms with Crippen molar-refractivity contribution in [3.8, 4) is 11.3 Å². The summed E-state index contributed by atoms with van der Waals surface area (Å²) in [4.78, 5) is 25.3. The molecule has 34 heavy (non-hydrogen) atoms. The van der Waals surface area contributed by atoms with Crippen molar-refractivity contribution in [3.05, 3.63) is 88.8 Å². The van der Waals surface area contributed by atoms with Crippen LogP contribution in [0.15, 0.2) is 54.7 Å². The number of fused-ring (bicyclic) bond motifs is 2. The van der Waals surface area contributed by atoms with Crippen LogP contribution in [0, 0.1) is 26.6 Å². The largest absolute Gasteiger partial charge is 0.355 e. The number of rotatable bonds is 6. The summed E-state index contributed by atoms with van der Waals surface area (Å²) in [5.74, 6) is 0.315. The molecule has 5 aromatic rings. The fraction of sp³-hybridized carbons (Fsp3) is 0.222. The fourth-order valence-electron chi connectivity index (χ4n) is 4.17. The van der Waals surface area contributed by atoms with Gasteiger partial charge in [0.05, 0.1) is 28.8 Å². The normalized spacial score (nSPS) is 11.4. The van der Waals surface area contributed by atoms with Gasteiger partial charge in [-0.2, -0.15) is 0 Å². The van der Waals surface area contributed by atoms with Gasteiger partial charge < -0.3 is 14.7 Å². The Morgan fingerprint density at radius 1 is 1.03 bits per heavy atom. The third kappa shape index (κ3) is 4.29. The van der Waals surface area contributed by atoms with Gasteiger partial charge in [0.25, 0.3) is 0 Å². The van der Waals surface area contributed by atoms with Gasteiger partial charge in [-0.25, -0.2) is 14.4 Å². The highest BCUT2D eigenvalue weighted by Gasteiger charge is 2.18. The maximum absolute atomic E-state index is 13.4. The zero-order valence-electron chi connectivity index (χ0n) is 19.4. The first-order chi connectivity index (χ1) is 16.4. The van der Waals surface area contributed by atoms with Gasteiger partial charge in [0, 0.05) is 24.7 Å². The zero-order valence-corrected chi connectivity index (χ0v) is 19.4. The van der Waals surface area contributed by atoms with Gasteiger partial charge in [0.2, 0.25) is 5.91 Å². The lowest BCUT2D eigenvalue weighted by Crippen LogP contribution is -2.28. The molecule has 0 fully saturated rings. The molecule has 2 aromatic carbocycles. The van der Waals surface area contributed by atoms with E-state index in [0.717, 1.165) is 28.2 Å². The van der Waals surface area contributed by atoms with Gasteiger partial charge in [0.15, 0.2) is 0 Å². The van der Waals surface area contributed by atoms with Crippen molar-refractivity contribution in [2.75, 3.05) is 6.54 Å². The van der Waals surface area contributed by atoms with Gasteiger partial charge in [-0.3, -0.25) is 4.79 Å². The number of hydrogen-bond acceptors (Lipinski definition) is 3. The molecule has 0 saturated heterocycles. The minimum Gasteiger partial charge on any atom is -0.355 e. The molecule has 7 heteroatoms. The summed E-state index contributed by atoms with van der Waals surface area (Å²) in [5.41, 5.74) is 8.39. The Kier molecular flexibility index (Phi) is 5.61. The van der Waals surface area contributed by atoms with E-state index >= 15 is 0 Å². The second kappa shape index (κ2) is 8.74. The molecule has 0 spiro atoms. The van der Waals surface area contributed by atoms with Crippen LogP contribution in [0.5, 0.6) is 0 Å². The number of benzene rings is 2. The van der Waals surface area contributed by atoms with Crippen LogP contribution >= 0.6 is 0 Å². The summed E-state index contributed by atoms with van der Waals surface area (Å²) < 4.78 is 15.4. The number of aromatic nitrogens is 4. The summed E-state index contributed by atoms with van der Waals surface area (Å²) in [5, 5.41) is 2.99. The molecule has 0 aliphatic carbocycles. The Morgan fingerprint density at radius 2 is 1.88 bits per heavy atom. The molecule has 5 rings (SSSR count). The Balaban J connectivity index is 1.35. The summed E-state index contributed by atoms with van der Waals surface area (Å²) >= 11 is 0. The van der Waals surface area contributed by atoms with Crippen molar-refractivity contribution >= 4 is 22.6 Å². The van der Waals surface area contributed by atoms with Gasteiger partial charge in [0.1, 0.15) is 17.3 Å². The molecular formula is C27H26FN5O. The Labute approximate surface area is 196 Å². The molecule has 0 unspecified atom stereocenters. The first kappa shape index (κ1) is 21.8. The molecule has 0 aliphatic rings. The van der Waals surface area contributed by atoms with E-state index in [9.17, 15) is 9.18 Å². The third-order valence-corrected chi connectivity index (χ3v) is 6.17. The molecule has 0 aliphatic heterocycles. The van der Waals surface area contributed by atoms with Crippen molar-refractivity contribution in [1.29, 1.82) is 0 Å². The smallest absolute Gasteiger partial charge is 0.226 e. The van der Waals surface area contributed by atoms with Crippen LogP contribution in [0.2, 0.25) is 0 Å². The Morgan fingerprint density at radius 3 is 2.71 bits per heavy atom. The predicted molar refractivity (Wildman–Crippen MR) is 131 cm³/mol. The van der Waals surface area contributed by atoms with Gasteiger partial charge in [-0.1, -0.05) is 12.1 Å². The molecule has 0 saturated carbocycles. The maximum atomic E-state index is 13.4. The molecule has 3 aromatic heterocycles. The summed E-state index contributed by atoms with van der Waals surface area (Å²) in [6.45, 7) is 6.62. The second-order valence-corrected chi connectivity index (χ2v) is 8.76. The van der Waals surface area contributed by atoms with E-state index in [4.69, 9.17) is 4.98 Å². The highest BCUT2D eigenvalue weighted by molar-refractivity contribution is 5.82. The molecule has 2 N–H and O–H groups in total. The highest BCUT2D eigenvalue weighted by atomic mass is 19.1. The standard InChI is InChI=1S/C27H26FN5O/c1-16-9-11-33-23(27(32-25(33)12-16)19-5-4-17(2)18(3)13-19)15-26(34)29-10-8-24-30-21-7-6-20(28)14-22(21)31-24/h4-7,9,11-14H,8,10,15H2,1-3H3,(H,29,34)(H,30,31). The Bertz CT molecular complexity index is 1530. The number of nitrogens with zero attached hydrogens (tertiary/aromatic N) is 3. The van der Waals surface area contributed by atoms with Crippen LogP contribution in [0.4, 0.5) is 4.39 Å². The highest BCUT2D eigenvalue weighted by Crippen LogP contribution is 2.27. The van der Waals surface area contributed by atoms with E-state index in [1.165, 1.54) is 23.3 Å². The van der Waals surface area contributed by atoms with E-state index in [2.05, 4.69) is 47.3 Å². The Hall–Kier alpha value is -4.00. The molecule has 6 nitrogen and oxygen atoms in total. The van der Waals surface area contributed by atoms with Crippen molar-refractivity contribution in [2.24, 2.45) is 0 Å². The van der Waals surface area contributed by atoms with E-state index in [0.29, 0.717) is 29.8 Å². The van der Waals surface area contributed by atoms with E-state index in [1.807, 2.05) is 29.7 Å². The zero-order chi connectivity index (χ0) is 23.8. The van der Waals surface area contributed by atoms with E-state index < -0.39 is 0 Å². The number of aromatic amines is 1. The first-order valence-corrected chi connectivity index (χ1v) is 11.3. The van der Waals surface area contributed by atoms with Crippen molar-refractivity contribution < 1.29 is 9.18 Å². The molecule has 172 valence electrons. The molecular weight excluding hydrogens is 429 g/mol. The number of carbonyl (C=O) groups is 1. The van der Waals surface area contributed by atoms with Crippen LogP contribution in [0.1, 0.15) is 28.2 Å². The topological polar surface area (TPSA) is 75.1 Å². The van der Waals surface area contributed by atoms with Crippen LogP contribution < -0.4 is 5.32 Å². The van der Waals surface area contributed by atoms with Crippen LogP contribution in [-0.2, 0) is 17.6 Å². The quantitative estimate of drug-likeness (QED) is 0.385. The van der Waals surface area contributed by atoms with Crippen LogP contribution in [-0.4, -0.2) is 31.8 Å². The minimum atomic E-state index is -0.307. The number of pyridine rings is 1. The van der Waals surface area contributed by atoms with Gasteiger partial charge in [-0.15, -0.1) is 0 Å². The van der Waals surface area contributed by atoms with E-state index in [-0.39, 0.29) is 18.1 Å². The van der Waals surface area contributed by atoms with Gasteiger partial charge >= 0.3 is 0 Å². The number of carbonyl (C=O) groups excluding carboxylic acids is 1. The maximum Gasteiger partial charge on any atom is 0.226 e. The predicted octanol–water partition coefficient (Wildman–Crippen LogP) is 4.84. The molecule has 0 radical (unpaired) electrons. The van der Waals surface area contributed by atoms with Crippen molar-refractivity contribution in [1.82, 2.24) is 24.7 Å². The fourth-order valence-corrected chi connectivity index (χ4v) is 4.17. The summed E-state index contributed by atoms with van der Waals surface area (Å²) in [6, 6.07) is 14.8. The lowest BCUT2D eigenvalue weighted by Gasteiger charge is -2.08.